The van der Waals surface area contributed by atoms with Crippen LogP contribution in [0.25, 0.3) is 0 Å². The molecular weight excluding hydrogens is 214 g/mol. The van der Waals surface area contributed by atoms with Crippen molar-refractivity contribution in [3.63, 3.8) is 0 Å². The molecule has 1 saturated heterocycles. The number of hydrogen-bond donors (Lipinski definition) is 3. The topological polar surface area (TPSA) is 52.5 Å². The van der Waals surface area contributed by atoms with Crippen LogP contribution in [0.15, 0.2) is 24.3 Å². The van der Waals surface area contributed by atoms with Gasteiger partial charge in [-0.25, -0.2) is 0 Å². The third-order valence-electron chi connectivity index (χ3n) is 3.51. The predicted octanol–water partition coefficient (Wildman–Crippen LogP) is 2.35. The highest BCUT2D eigenvalue weighted by Gasteiger charge is 2.31. The van der Waals surface area contributed by atoms with Gasteiger partial charge in [-0.2, -0.15) is 0 Å². The van der Waals surface area contributed by atoms with Crippen molar-refractivity contribution in [2.75, 3.05) is 0 Å². The smallest absolute Gasteiger partial charge is 0.115 e. The fourth-order valence-corrected chi connectivity index (χ4v) is 2.55. The maximum absolute atomic E-state index is 10.3. The lowest BCUT2D eigenvalue weighted by molar-refractivity contribution is 0.0844. The van der Waals surface area contributed by atoms with E-state index in [1.165, 1.54) is 0 Å². The van der Waals surface area contributed by atoms with E-state index in [0.29, 0.717) is 0 Å². The lowest BCUT2D eigenvalue weighted by Gasteiger charge is -2.39. The third-order valence-corrected chi connectivity index (χ3v) is 3.51. The fourth-order valence-electron chi connectivity index (χ4n) is 2.55. The molecule has 17 heavy (non-hydrogen) atoms. The van der Waals surface area contributed by atoms with Crippen molar-refractivity contribution in [1.82, 2.24) is 5.32 Å². The van der Waals surface area contributed by atoms with Crippen molar-refractivity contribution < 1.29 is 10.2 Å². The highest BCUT2D eigenvalue weighted by atomic mass is 16.3. The van der Waals surface area contributed by atoms with Crippen LogP contribution in [0.5, 0.6) is 5.75 Å². The number of aromatic hydroxyl groups is 1. The number of aliphatic hydroxyl groups is 1. The molecule has 0 aromatic heterocycles. The zero-order valence-corrected chi connectivity index (χ0v) is 10.5. The standard InChI is InChI=1S/C14H21NO2/c1-14(2)9-3-4-12(15-14)13(17)10-5-7-11(16)8-6-10/h5-8,12-13,15-17H,3-4,9H2,1-2H3/t12-,13+/m1/s1. The number of nitrogens with one attached hydrogen (secondary N) is 1. The first-order valence-electron chi connectivity index (χ1n) is 6.23. The molecule has 3 nitrogen and oxygen atoms in total. The van der Waals surface area contributed by atoms with Gasteiger partial charge in [-0.1, -0.05) is 12.1 Å². The van der Waals surface area contributed by atoms with Crippen molar-refractivity contribution in [2.45, 2.75) is 50.8 Å². The molecule has 3 N–H and O–H groups in total. The minimum atomic E-state index is -0.504. The number of hydrogen-bond acceptors (Lipinski definition) is 3. The number of rotatable bonds is 2. The van der Waals surface area contributed by atoms with E-state index in [-0.39, 0.29) is 17.3 Å². The zero-order valence-electron chi connectivity index (χ0n) is 10.5. The van der Waals surface area contributed by atoms with E-state index < -0.39 is 6.10 Å². The first-order valence-corrected chi connectivity index (χ1v) is 6.23. The van der Waals surface area contributed by atoms with Gasteiger partial charge in [0.15, 0.2) is 0 Å². The summed E-state index contributed by atoms with van der Waals surface area (Å²) in [7, 11) is 0. The summed E-state index contributed by atoms with van der Waals surface area (Å²) in [5, 5.41) is 23.1. The second kappa shape index (κ2) is 4.67. The van der Waals surface area contributed by atoms with Crippen molar-refractivity contribution in [2.24, 2.45) is 0 Å². The molecule has 2 atom stereocenters. The molecule has 1 fully saturated rings. The van der Waals surface area contributed by atoms with Gasteiger partial charge in [0.05, 0.1) is 6.10 Å². The molecule has 2 rings (SSSR count). The molecule has 0 aliphatic carbocycles. The van der Waals surface area contributed by atoms with Crippen LogP contribution < -0.4 is 5.32 Å². The Kier molecular flexibility index (Phi) is 3.40. The highest BCUT2D eigenvalue weighted by Crippen LogP contribution is 2.29. The summed E-state index contributed by atoms with van der Waals surface area (Å²) >= 11 is 0. The lowest BCUT2D eigenvalue weighted by atomic mass is 9.85. The highest BCUT2D eigenvalue weighted by molar-refractivity contribution is 5.28. The molecule has 1 aliphatic heterocycles. The average Bonchev–Trinajstić information content (AvgIpc) is 2.28. The Hall–Kier alpha value is -1.06. The van der Waals surface area contributed by atoms with Gasteiger partial charge in [0.2, 0.25) is 0 Å². The van der Waals surface area contributed by atoms with Crippen LogP contribution in [-0.2, 0) is 0 Å². The summed E-state index contributed by atoms with van der Waals surface area (Å²) in [6, 6.07) is 6.90. The molecule has 3 heteroatoms. The minimum Gasteiger partial charge on any atom is -0.508 e. The molecule has 0 saturated carbocycles. The molecule has 1 aromatic carbocycles. The fraction of sp³-hybridized carbons (Fsp3) is 0.571. The first-order chi connectivity index (χ1) is 7.98. The van der Waals surface area contributed by atoms with Gasteiger partial charge in [0, 0.05) is 11.6 Å². The number of aliphatic hydroxyl groups excluding tert-OH is 1. The van der Waals surface area contributed by atoms with Crippen LogP contribution in [0.1, 0.15) is 44.8 Å². The number of phenols is 1. The van der Waals surface area contributed by atoms with Crippen LogP contribution in [0.3, 0.4) is 0 Å². The molecule has 0 amide bonds. The van der Waals surface area contributed by atoms with Crippen molar-refractivity contribution in [3.05, 3.63) is 29.8 Å². The SMILES string of the molecule is CC1(C)CCC[C@H]([C@@H](O)c2ccc(O)cc2)N1. The van der Waals surface area contributed by atoms with Gasteiger partial charge in [0.25, 0.3) is 0 Å². The third kappa shape index (κ3) is 2.99. The maximum Gasteiger partial charge on any atom is 0.115 e. The van der Waals surface area contributed by atoms with Gasteiger partial charge in [-0.05, 0) is 50.8 Å². The summed E-state index contributed by atoms with van der Waals surface area (Å²) in [6.07, 6.45) is 2.77. The minimum absolute atomic E-state index is 0.0980. The maximum atomic E-state index is 10.3. The Labute approximate surface area is 102 Å². The largest absolute Gasteiger partial charge is 0.508 e. The molecule has 1 aliphatic rings. The molecule has 0 radical (unpaired) electrons. The Morgan fingerprint density at radius 2 is 1.94 bits per heavy atom. The quantitative estimate of drug-likeness (QED) is 0.737. The van der Waals surface area contributed by atoms with Crippen LogP contribution in [0, 0.1) is 0 Å². The van der Waals surface area contributed by atoms with E-state index in [2.05, 4.69) is 19.2 Å². The van der Waals surface area contributed by atoms with E-state index in [0.717, 1.165) is 24.8 Å². The van der Waals surface area contributed by atoms with Gasteiger partial charge in [0.1, 0.15) is 5.75 Å². The number of benzene rings is 1. The van der Waals surface area contributed by atoms with Crippen molar-refractivity contribution >= 4 is 0 Å². The average molecular weight is 235 g/mol. The van der Waals surface area contributed by atoms with Crippen LogP contribution >= 0.6 is 0 Å². The van der Waals surface area contributed by atoms with Crippen LogP contribution in [0.2, 0.25) is 0 Å². The second-order valence-corrected chi connectivity index (χ2v) is 5.56. The first kappa shape index (κ1) is 12.4. The van der Waals surface area contributed by atoms with E-state index in [9.17, 15) is 10.2 Å². The summed E-state index contributed by atoms with van der Waals surface area (Å²) in [5.74, 6) is 0.234. The van der Waals surface area contributed by atoms with E-state index in [4.69, 9.17) is 0 Å². The lowest BCUT2D eigenvalue weighted by Crippen LogP contribution is -2.51. The molecule has 0 bridgehead atoms. The van der Waals surface area contributed by atoms with Gasteiger partial charge >= 0.3 is 0 Å². The molecule has 1 heterocycles. The van der Waals surface area contributed by atoms with Gasteiger partial charge < -0.3 is 15.5 Å². The Morgan fingerprint density at radius 1 is 1.29 bits per heavy atom. The molecule has 94 valence electrons. The number of phenolic OH excluding ortho intramolecular Hbond substituents is 1. The van der Waals surface area contributed by atoms with E-state index in [1.807, 2.05) is 0 Å². The normalized spacial score (nSPS) is 25.5. The van der Waals surface area contributed by atoms with Crippen molar-refractivity contribution in [1.29, 1.82) is 0 Å². The van der Waals surface area contributed by atoms with Gasteiger partial charge in [-0.3, -0.25) is 0 Å². The Balaban J connectivity index is 2.09. The second-order valence-electron chi connectivity index (χ2n) is 5.56. The van der Waals surface area contributed by atoms with Gasteiger partial charge in [-0.15, -0.1) is 0 Å². The summed E-state index contributed by atoms with van der Waals surface area (Å²) in [6.45, 7) is 4.34. The summed E-state index contributed by atoms with van der Waals surface area (Å²) in [5.41, 5.74) is 0.957. The van der Waals surface area contributed by atoms with Crippen molar-refractivity contribution in [3.8, 4) is 5.75 Å². The van der Waals surface area contributed by atoms with E-state index in [1.54, 1.807) is 24.3 Å². The van der Waals surface area contributed by atoms with Crippen LogP contribution in [-0.4, -0.2) is 21.8 Å². The molecule has 1 aromatic rings. The predicted molar refractivity (Wildman–Crippen MR) is 67.9 cm³/mol. The summed E-state index contributed by atoms with van der Waals surface area (Å²) < 4.78 is 0. The zero-order chi connectivity index (χ0) is 12.5. The monoisotopic (exact) mass is 235 g/mol. The van der Waals surface area contributed by atoms with Crippen LogP contribution in [0.4, 0.5) is 0 Å². The number of piperidine rings is 1. The molecule has 0 unspecified atom stereocenters. The van der Waals surface area contributed by atoms with E-state index >= 15 is 0 Å². The molecule has 0 spiro atoms. The summed E-state index contributed by atoms with van der Waals surface area (Å²) in [4.78, 5) is 0. The molecular formula is C14H21NO2. The Bertz CT molecular complexity index is 372. The Morgan fingerprint density at radius 3 is 2.53 bits per heavy atom.